The predicted octanol–water partition coefficient (Wildman–Crippen LogP) is 8.73. The van der Waals surface area contributed by atoms with Crippen LogP contribution in [0.3, 0.4) is 0 Å². The zero-order valence-electron chi connectivity index (χ0n) is 20.1. The van der Waals surface area contributed by atoms with Gasteiger partial charge >= 0.3 is 5.97 Å². The summed E-state index contributed by atoms with van der Waals surface area (Å²) in [6.45, 7) is 5.00. The van der Waals surface area contributed by atoms with E-state index in [-0.39, 0.29) is 5.97 Å². The van der Waals surface area contributed by atoms with Gasteiger partial charge in [0.25, 0.3) is 0 Å². The van der Waals surface area contributed by atoms with Crippen LogP contribution in [0, 0.1) is 6.92 Å². The van der Waals surface area contributed by atoms with Gasteiger partial charge in [-0.15, -0.1) is 0 Å². The highest BCUT2D eigenvalue weighted by Crippen LogP contribution is 2.13. The summed E-state index contributed by atoms with van der Waals surface area (Å²) in [6.07, 6.45) is 22.3. The number of hydrogen-bond donors (Lipinski definition) is 0. The number of esters is 1. The molecule has 0 atom stereocenters. The predicted molar refractivity (Wildman–Crippen MR) is 130 cm³/mol. The first-order valence-electron chi connectivity index (χ1n) is 12.9. The van der Waals surface area contributed by atoms with Gasteiger partial charge in [-0.1, -0.05) is 114 Å². The van der Waals surface area contributed by atoms with E-state index in [2.05, 4.69) is 38.1 Å². The van der Waals surface area contributed by atoms with Crippen molar-refractivity contribution < 1.29 is 9.53 Å². The molecule has 0 aromatic heterocycles. The Morgan fingerprint density at radius 3 is 1.90 bits per heavy atom. The van der Waals surface area contributed by atoms with E-state index in [0.29, 0.717) is 13.0 Å². The molecule has 0 aliphatic heterocycles. The minimum absolute atomic E-state index is 0.00300. The normalized spacial score (nSPS) is 11.0. The standard InChI is InChI=1S/C28H48O2/c1-3-4-5-6-7-8-9-10-11-12-13-14-17-23-28(29)30-24-18-15-16-21-27-22-19-20-26(2)25-27/h19-20,22,25H,3-18,21,23-24H2,1-2H3. The highest BCUT2D eigenvalue weighted by atomic mass is 16.5. The summed E-state index contributed by atoms with van der Waals surface area (Å²) in [5.41, 5.74) is 2.74. The van der Waals surface area contributed by atoms with Crippen molar-refractivity contribution in [2.45, 2.75) is 129 Å². The quantitative estimate of drug-likeness (QED) is 0.157. The van der Waals surface area contributed by atoms with Gasteiger partial charge in [-0.25, -0.2) is 0 Å². The molecule has 172 valence electrons. The Hall–Kier alpha value is -1.31. The van der Waals surface area contributed by atoms with Gasteiger partial charge in [0.2, 0.25) is 0 Å². The van der Waals surface area contributed by atoms with Crippen LogP contribution in [0.15, 0.2) is 24.3 Å². The van der Waals surface area contributed by atoms with E-state index < -0.39 is 0 Å². The van der Waals surface area contributed by atoms with Gasteiger partial charge in [-0.05, 0) is 44.6 Å². The van der Waals surface area contributed by atoms with Crippen molar-refractivity contribution in [2.75, 3.05) is 6.61 Å². The Balaban J connectivity index is 1.79. The molecule has 0 N–H and O–H groups in total. The van der Waals surface area contributed by atoms with Crippen molar-refractivity contribution in [3.8, 4) is 0 Å². The largest absolute Gasteiger partial charge is 0.466 e. The second kappa shape index (κ2) is 19.6. The van der Waals surface area contributed by atoms with Gasteiger partial charge < -0.3 is 4.74 Å². The van der Waals surface area contributed by atoms with E-state index >= 15 is 0 Å². The van der Waals surface area contributed by atoms with Gasteiger partial charge in [-0.2, -0.15) is 0 Å². The van der Waals surface area contributed by atoms with Gasteiger partial charge in [0, 0.05) is 6.42 Å². The minimum atomic E-state index is -0.00300. The summed E-state index contributed by atoms with van der Waals surface area (Å²) in [5.74, 6) is -0.00300. The molecular weight excluding hydrogens is 368 g/mol. The molecule has 2 nitrogen and oxygen atoms in total. The van der Waals surface area contributed by atoms with Gasteiger partial charge in [0.05, 0.1) is 6.61 Å². The summed E-state index contributed by atoms with van der Waals surface area (Å²) in [6, 6.07) is 8.72. The number of rotatable bonds is 20. The summed E-state index contributed by atoms with van der Waals surface area (Å²) in [7, 11) is 0. The molecule has 1 rings (SSSR count). The van der Waals surface area contributed by atoms with Crippen molar-refractivity contribution in [1.82, 2.24) is 0 Å². The Labute approximate surface area is 187 Å². The molecule has 0 amide bonds. The van der Waals surface area contributed by atoms with E-state index in [1.165, 1.54) is 94.6 Å². The maximum absolute atomic E-state index is 11.8. The molecule has 0 aliphatic rings. The fraction of sp³-hybridized carbons (Fsp3) is 0.750. The molecule has 30 heavy (non-hydrogen) atoms. The molecule has 0 fully saturated rings. The van der Waals surface area contributed by atoms with Crippen molar-refractivity contribution in [3.63, 3.8) is 0 Å². The van der Waals surface area contributed by atoms with Gasteiger partial charge in [0.1, 0.15) is 0 Å². The minimum Gasteiger partial charge on any atom is -0.466 e. The molecule has 0 radical (unpaired) electrons. The van der Waals surface area contributed by atoms with E-state index in [1.54, 1.807) is 0 Å². The summed E-state index contributed by atoms with van der Waals surface area (Å²) in [5, 5.41) is 0. The first kappa shape index (κ1) is 26.7. The lowest BCUT2D eigenvalue weighted by Gasteiger charge is -2.06. The van der Waals surface area contributed by atoms with E-state index in [9.17, 15) is 4.79 Å². The Morgan fingerprint density at radius 2 is 1.30 bits per heavy atom. The monoisotopic (exact) mass is 416 g/mol. The molecule has 0 unspecified atom stereocenters. The molecule has 0 saturated carbocycles. The smallest absolute Gasteiger partial charge is 0.305 e. The number of carbonyl (C=O) groups is 1. The Kier molecular flexibility index (Phi) is 17.5. The first-order valence-corrected chi connectivity index (χ1v) is 12.9. The summed E-state index contributed by atoms with van der Waals surface area (Å²) < 4.78 is 5.38. The van der Waals surface area contributed by atoms with E-state index in [1.807, 2.05) is 0 Å². The number of hydrogen-bond acceptors (Lipinski definition) is 2. The highest BCUT2D eigenvalue weighted by Gasteiger charge is 2.03. The Bertz CT molecular complexity index is 523. The lowest BCUT2D eigenvalue weighted by molar-refractivity contribution is -0.143. The van der Waals surface area contributed by atoms with Crippen LogP contribution in [-0.4, -0.2) is 12.6 Å². The zero-order chi connectivity index (χ0) is 21.7. The van der Waals surface area contributed by atoms with Crippen LogP contribution in [-0.2, 0) is 16.0 Å². The van der Waals surface area contributed by atoms with Crippen LogP contribution in [0.2, 0.25) is 0 Å². The fourth-order valence-corrected chi connectivity index (χ4v) is 4.02. The Morgan fingerprint density at radius 1 is 0.733 bits per heavy atom. The highest BCUT2D eigenvalue weighted by molar-refractivity contribution is 5.69. The van der Waals surface area contributed by atoms with Crippen LogP contribution < -0.4 is 0 Å². The molecule has 0 bridgehead atoms. The molecule has 1 aromatic rings. The number of unbranched alkanes of at least 4 members (excludes halogenated alkanes) is 14. The summed E-state index contributed by atoms with van der Waals surface area (Å²) >= 11 is 0. The van der Waals surface area contributed by atoms with Crippen molar-refractivity contribution in [1.29, 1.82) is 0 Å². The first-order chi connectivity index (χ1) is 14.7. The maximum Gasteiger partial charge on any atom is 0.305 e. The van der Waals surface area contributed by atoms with E-state index in [0.717, 1.165) is 25.7 Å². The summed E-state index contributed by atoms with van der Waals surface area (Å²) in [4.78, 5) is 11.8. The third kappa shape index (κ3) is 16.5. The second-order valence-electron chi connectivity index (χ2n) is 9.01. The molecular formula is C28H48O2. The molecule has 0 spiro atoms. The number of ether oxygens (including phenoxy) is 1. The molecule has 0 saturated heterocycles. The van der Waals surface area contributed by atoms with Crippen molar-refractivity contribution in [2.24, 2.45) is 0 Å². The van der Waals surface area contributed by atoms with Gasteiger partial charge in [-0.3, -0.25) is 4.79 Å². The second-order valence-corrected chi connectivity index (χ2v) is 9.01. The lowest BCUT2D eigenvalue weighted by atomic mass is 10.0. The molecule has 1 aromatic carbocycles. The molecule has 2 heteroatoms. The van der Waals surface area contributed by atoms with E-state index in [4.69, 9.17) is 4.74 Å². The fourth-order valence-electron chi connectivity index (χ4n) is 4.02. The van der Waals surface area contributed by atoms with Gasteiger partial charge in [0.15, 0.2) is 0 Å². The van der Waals surface area contributed by atoms with Crippen LogP contribution in [0.5, 0.6) is 0 Å². The van der Waals surface area contributed by atoms with Crippen LogP contribution in [0.4, 0.5) is 0 Å². The van der Waals surface area contributed by atoms with Crippen LogP contribution >= 0.6 is 0 Å². The lowest BCUT2D eigenvalue weighted by Crippen LogP contribution is -2.05. The SMILES string of the molecule is CCCCCCCCCCCCCCCC(=O)OCCCCCc1cccc(C)c1. The molecule has 0 aliphatic carbocycles. The number of carbonyl (C=O) groups excluding carboxylic acids is 1. The average molecular weight is 417 g/mol. The topological polar surface area (TPSA) is 26.3 Å². The van der Waals surface area contributed by atoms with Crippen LogP contribution in [0.25, 0.3) is 0 Å². The third-order valence-corrected chi connectivity index (χ3v) is 5.94. The number of benzene rings is 1. The van der Waals surface area contributed by atoms with Crippen molar-refractivity contribution in [3.05, 3.63) is 35.4 Å². The average Bonchev–Trinajstić information content (AvgIpc) is 2.74. The number of aryl methyl sites for hydroxylation is 2. The molecule has 0 heterocycles. The van der Waals surface area contributed by atoms with Crippen molar-refractivity contribution >= 4 is 5.97 Å². The third-order valence-electron chi connectivity index (χ3n) is 5.94. The zero-order valence-corrected chi connectivity index (χ0v) is 20.1. The maximum atomic E-state index is 11.8. The van der Waals surface area contributed by atoms with Crippen LogP contribution in [0.1, 0.15) is 127 Å².